The number of carbonyl (C=O) groups excluding carboxylic acids is 1. The molecule has 144 valence electrons. The van der Waals surface area contributed by atoms with Crippen LogP contribution >= 0.6 is 0 Å². The van der Waals surface area contributed by atoms with Gasteiger partial charge in [-0.3, -0.25) is 9.48 Å². The summed E-state index contributed by atoms with van der Waals surface area (Å²) in [7, 11) is 1.87. The van der Waals surface area contributed by atoms with Gasteiger partial charge in [-0.05, 0) is 57.6 Å². The van der Waals surface area contributed by atoms with Gasteiger partial charge in [0, 0.05) is 38.6 Å². The summed E-state index contributed by atoms with van der Waals surface area (Å²) in [6.45, 7) is 7.52. The predicted molar refractivity (Wildman–Crippen MR) is 103 cm³/mol. The Hall–Kier alpha value is -1.36. The summed E-state index contributed by atoms with van der Waals surface area (Å²) in [6, 6.07) is 1.92. The number of piperidine rings is 1. The van der Waals surface area contributed by atoms with Crippen LogP contribution in [-0.4, -0.2) is 58.2 Å². The van der Waals surface area contributed by atoms with Gasteiger partial charge in [0.1, 0.15) is 5.69 Å². The van der Waals surface area contributed by atoms with Crippen LogP contribution in [0.1, 0.15) is 67.5 Å². The summed E-state index contributed by atoms with van der Waals surface area (Å²) < 4.78 is 1.74. The second kappa shape index (κ2) is 7.34. The Morgan fingerprint density at radius 1 is 1.15 bits per heavy atom. The lowest BCUT2D eigenvalue weighted by Crippen LogP contribution is -2.47. The SMILES string of the molecule is Cc1cc(C(=O)N2CCC3(CCCN(CC4CCCCC4)C3)C2)n(C)n1. The largest absolute Gasteiger partial charge is 0.337 e. The maximum atomic E-state index is 13.0. The van der Waals surface area contributed by atoms with Crippen LogP contribution in [0.5, 0.6) is 0 Å². The highest BCUT2D eigenvalue weighted by Gasteiger charge is 2.43. The highest BCUT2D eigenvalue weighted by Crippen LogP contribution is 2.40. The first-order valence-corrected chi connectivity index (χ1v) is 10.6. The van der Waals surface area contributed by atoms with Gasteiger partial charge in [-0.25, -0.2) is 0 Å². The summed E-state index contributed by atoms with van der Waals surface area (Å²) in [5.74, 6) is 1.07. The van der Waals surface area contributed by atoms with Crippen LogP contribution in [0.3, 0.4) is 0 Å². The minimum Gasteiger partial charge on any atom is -0.337 e. The third kappa shape index (κ3) is 3.68. The number of hydrogen-bond donors (Lipinski definition) is 0. The summed E-state index contributed by atoms with van der Waals surface area (Å²) in [4.78, 5) is 17.8. The highest BCUT2D eigenvalue weighted by atomic mass is 16.2. The molecule has 1 saturated carbocycles. The Morgan fingerprint density at radius 3 is 2.69 bits per heavy atom. The van der Waals surface area contributed by atoms with E-state index < -0.39 is 0 Å². The summed E-state index contributed by atoms with van der Waals surface area (Å²) in [6.07, 6.45) is 10.9. The van der Waals surface area contributed by atoms with Gasteiger partial charge in [-0.2, -0.15) is 5.10 Å². The van der Waals surface area contributed by atoms with Gasteiger partial charge in [0.15, 0.2) is 0 Å². The minimum absolute atomic E-state index is 0.161. The molecule has 26 heavy (non-hydrogen) atoms. The Balaban J connectivity index is 1.38. The molecule has 3 heterocycles. The first-order valence-electron chi connectivity index (χ1n) is 10.6. The average Bonchev–Trinajstić information content (AvgIpc) is 3.18. The van der Waals surface area contributed by atoms with E-state index in [0.29, 0.717) is 5.41 Å². The molecule has 5 heteroatoms. The molecule has 1 amide bonds. The van der Waals surface area contributed by atoms with Gasteiger partial charge >= 0.3 is 0 Å². The van der Waals surface area contributed by atoms with Crippen LogP contribution in [0.25, 0.3) is 0 Å². The van der Waals surface area contributed by atoms with Crippen molar-refractivity contribution in [2.75, 3.05) is 32.7 Å². The van der Waals surface area contributed by atoms with E-state index in [1.165, 1.54) is 64.6 Å². The molecular weight excluding hydrogens is 324 g/mol. The van der Waals surface area contributed by atoms with Gasteiger partial charge in [0.05, 0.1) is 5.69 Å². The molecule has 1 atom stereocenters. The normalized spacial score (nSPS) is 28.2. The number of aromatic nitrogens is 2. The second-order valence-electron chi connectivity index (χ2n) is 9.11. The molecule has 2 saturated heterocycles. The van der Waals surface area contributed by atoms with E-state index in [4.69, 9.17) is 0 Å². The van der Waals surface area contributed by atoms with Crippen molar-refractivity contribution in [1.82, 2.24) is 19.6 Å². The fraction of sp³-hybridized carbons (Fsp3) is 0.810. The molecule has 1 aromatic rings. The van der Waals surface area contributed by atoms with E-state index in [9.17, 15) is 4.79 Å². The van der Waals surface area contributed by atoms with Crippen LogP contribution in [0.2, 0.25) is 0 Å². The lowest BCUT2D eigenvalue weighted by molar-refractivity contribution is 0.0624. The summed E-state index contributed by atoms with van der Waals surface area (Å²) in [5.41, 5.74) is 1.98. The molecule has 0 N–H and O–H groups in total. The number of rotatable bonds is 3. The van der Waals surface area contributed by atoms with E-state index in [1.54, 1.807) is 4.68 Å². The zero-order valence-electron chi connectivity index (χ0n) is 16.5. The van der Waals surface area contributed by atoms with Crippen molar-refractivity contribution < 1.29 is 4.79 Å². The topological polar surface area (TPSA) is 41.4 Å². The smallest absolute Gasteiger partial charge is 0.272 e. The predicted octanol–water partition coefficient (Wildman–Crippen LogP) is 3.24. The average molecular weight is 359 g/mol. The van der Waals surface area contributed by atoms with Gasteiger partial charge in [-0.1, -0.05) is 19.3 Å². The van der Waals surface area contributed by atoms with Crippen molar-refractivity contribution in [3.05, 3.63) is 17.5 Å². The Kier molecular flexibility index (Phi) is 5.09. The Morgan fingerprint density at radius 2 is 1.96 bits per heavy atom. The monoisotopic (exact) mass is 358 g/mol. The molecule has 1 spiro atoms. The standard InChI is InChI=1S/C21H34N4O/c1-17-13-19(23(2)22-17)20(26)25-12-10-21(16-25)9-6-11-24(15-21)14-18-7-4-3-5-8-18/h13,18H,3-12,14-16H2,1-2H3. The molecule has 0 radical (unpaired) electrons. The molecule has 3 aliphatic rings. The minimum atomic E-state index is 0.161. The van der Waals surface area contributed by atoms with E-state index >= 15 is 0 Å². The van der Waals surface area contributed by atoms with Crippen molar-refractivity contribution in [2.24, 2.45) is 18.4 Å². The molecular formula is C21H34N4O. The van der Waals surface area contributed by atoms with Crippen LogP contribution in [0, 0.1) is 18.3 Å². The van der Waals surface area contributed by atoms with Crippen LogP contribution < -0.4 is 0 Å². The number of nitrogens with zero attached hydrogens (tertiary/aromatic N) is 4. The zero-order valence-corrected chi connectivity index (χ0v) is 16.5. The maximum Gasteiger partial charge on any atom is 0.272 e. The fourth-order valence-electron chi connectivity index (χ4n) is 5.62. The number of hydrogen-bond acceptors (Lipinski definition) is 3. The third-order valence-corrected chi connectivity index (χ3v) is 6.93. The van der Waals surface area contributed by atoms with Gasteiger partial charge in [-0.15, -0.1) is 0 Å². The Labute approximate surface area is 157 Å². The fourth-order valence-corrected chi connectivity index (χ4v) is 5.62. The molecule has 5 nitrogen and oxygen atoms in total. The number of amides is 1. The van der Waals surface area contributed by atoms with Gasteiger partial charge < -0.3 is 9.80 Å². The van der Waals surface area contributed by atoms with Crippen LogP contribution in [0.4, 0.5) is 0 Å². The Bertz CT molecular complexity index is 648. The van der Waals surface area contributed by atoms with E-state index in [0.717, 1.165) is 36.8 Å². The molecule has 0 aromatic carbocycles. The summed E-state index contributed by atoms with van der Waals surface area (Å²) in [5, 5.41) is 4.35. The van der Waals surface area contributed by atoms with Gasteiger partial charge in [0.25, 0.3) is 5.91 Å². The van der Waals surface area contributed by atoms with Crippen molar-refractivity contribution in [2.45, 2.75) is 58.3 Å². The lowest BCUT2D eigenvalue weighted by atomic mass is 9.78. The van der Waals surface area contributed by atoms with Crippen LogP contribution in [0.15, 0.2) is 6.07 Å². The molecule has 1 aromatic heterocycles. The molecule has 4 rings (SSSR count). The van der Waals surface area contributed by atoms with Gasteiger partial charge in [0.2, 0.25) is 0 Å². The molecule has 1 unspecified atom stereocenters. The third-order valence-electron chi connectivity index (χ3n) is 6.93. The second-order valence-corrected chi connectivity index (χ2v) is 9.11. The van der Waals surface area contributed by atoms with Crippen molar-refractivity contribution in [3.8, 4) is 0 Å². The van der Waals surface area contributed by atoms with Crippen molar-refractivity contribution in [3.63, 3.8) is 0 Å². The maximum absolute atomic E-state index is 13.0. The molecule has 3 fully saturated rings. The summed E-state index contributed by atoms with van der Waals surface area (Å²) >= 11 is 0. The number of likely N-dealkylation sites (tertiary alicyclic amines) is 2. The van der Waals surface area contributed by atoms with Crippen molar-refractivity contribution in [1.29, 1.82) is 0 Å². The molecule has 1 aliphatic carbocycles. The van der Waals surface area contributed by atoms with E-state index in [2.05, 4.69) is 14.9 Å². The number of aryl methyl sites for hydroxylation is 2. The molecule has 0 bridgehead atoms. The van der Waals surface area contributed by atoms with Crippen LogP contribution in [-0.2, 0) is 7.05 Å². The zero-order chi connectivity index (χ0) is 18.1. The van der Waals surface area contributed by atoms with E-state index in [-0.39, 0.29) is 5.91 Å². The quantitative estimate of drug-likeness (QED) is 0.833. The van der Waals surface area contributed by atoms with Crippen molar-refractivity contribution >= 4 is 5.91 Å². The highest BCUT2D eigenvalue weighted by molar-refractivity contribution is 5.93. The first-order chi connectivity index (χ1) is 12.5. The van der Waals surface area contributed by atoms with E-state index in [1.807, 2.05) is 20.0 Å². The molecule has 2 aliphatic heterocycles. The number of carbonyl (C=O) groups is 1. The first kappa shape index (κ1) is 18.0. The lowest BCUT2D eigenvalue weighted by Gasteiger charge is -2.42.